The topological polar surface area (TPSA) is 41.3 Å². The molecule has 1 aliphatic rings. The molecule has 0 aromatic heterocycles. The molecule has 0 bridgehead atoms. The number of hydrogen-bond acceptors (Lipinski definition) is 3. The van der Waals surface area contributed by atoms with E-state index in [1.54, 1.807) is 5.01 Å². The molecule has 3 unspecified atom stereocenters. The maximum absolute atomic E-state index is 6.27. The molecule has 18 heavy (non-hydrogen) atoms. The van der Waals surface area contributed by atoms with Gasteiger partial charge in [-0.2, -0.15) is 0 Å². The summed E-state index contributed by atoms with van der Waals surface area (Å²) in [5.74, 6) is 6.42. The Morgan fingerprint density at radius 3 is 2.72 bits per heavy atom. The first-order chi connectivity index (χ1) is 8.52. The SMILES string of the molecule is CCC(C)[C@@H](CCN(C)N)NC1CCCC(Cl)C1. The molecule has 3 nitrogen and oxygen atoms in total. The fourth-order valence-corrected chi connectivity index (χ4v) is 3.11. The number of rotatable bonds is 7. The summed E-state index contributed by atoms with van der Waals surface area (Å²) in [7, 11) is 1.93. The van der Waals surface area contributed by atoms with E-state index in [4.69, 9.17) is 17.4 Å². The van der Waals surface area contributed by atoms with E-state index in [-0.39, 0.29) is 0 Å². The van der Waals surface area contributed by atoms with E-state index in [0.29, 0.717) is 23.4 Å². The Labute approximate surface area is 117 Å². The maximum atomic E-state index is 6.27. The van der Waals surface area contributed by atoms with Gasteiger partial charge in [0.1, 0.15) is 0 Å². The van der Waals surface area contributed by atoms with Crippen molar-refractivity contribution in [1.29, 1.82) is 0 Å². The van der Waals surface area contributed by atoms with Gasteiger partial charge in [0.15, 0.2) is 0 Å². The van der Waals surface area contributed by atoms with Gasteiger partial charge in [-0.3, -0.25) is 10.9 Å². The van der Waals surface area contributed by atoms with Gasteiger partial charge >= 0.3 is 0 Å². The number of hydrazine groups is 1. The number of alkyl halides is 1. The van der Waals surface area contributed by atoms with Gasteiger partial charge < -0.3 is 5.32 Å². The molecule has 0 amide bonds. The summed E-state index contributed by atoms with van der Waals surface area (Å²) in [6, 6.07) is 1.16. The summed E-state index contributed by atoms with van der Waals surface area (Å²) in [5, 5.41) is 5.97. The molecular formula is C14H30ClN3. The lowest BCUT2D eigenvalue weighted by molar-refractivity contribution is 0.243. The van der Waals surface area contributed by atoms with Crippen LogP contribution in [0.15, 0.2) is 0 Å². The molecule has 0 saturated heterocycles. The van der Waals surface area contributed by atoms with E-state index in [1.165, 1.54) is 25.7 Å². The predicted molar refractivity (Wildman–Crippen MR) is 79.7 cm³/mol. The first-order valence-corrected chi connectivity index (χ1v) is 7.82. The van der Waals surface area contributed by atoms with Crippen molar-refractivity contribution in [3.8, 4) is 0 Å². The zero-order valence-electron chi connectivity index (χ0n) is 12.2. The normalized spacial score (nSPS) is 28.3. The second kappa shape index (κ2) is 8.36. The largest absolute Gasteiger partial charge is 0.311 e. The molecule has 1 rings (SSSR count). The first kappa shape index (κ1) is 16.2. The van der Waals surface area contributed by atoms with E-state index >= 15 is 0 Å². The van der Waals surface area contributed by atoms with Crippen LogP contribution in [0.2, 0.25) is 0 Å². The highest BCUT2D eigenvalue weighted by Crippen LogP contribution is 2.24. The lowest BCUT2D eigenvalue weighted by Gasteiger charge is -2.33. The summed E-state index contributed by atoms with van der Waals surface area (Å²) in [6.45, 7) is 5.53. The van der Waals surface area contributed by atoms with Crippen LogP contribution in [-0.4, -0.2) is 36.1 Å². The molecule has 4 atom stereocenters. The minimum Gasteiger partial charge on any atom is -0.311 e. The zero-order valence-corrected chi connectivity index (χ0v) is 12.9. The molecule has 3 N–H and O–H groups in total. The molecule has 0 spiro atoms. The third-order valence-electron chi connectivity index (χ3n) is 4.18. The Morgan fingerprint density at radius 2 is 2.17 bits per heavy atom. The highest BCUT2D eigenvalue weighted by atomic mass is 35.5. The summed E-state index contributed by atoms with van der Waals surface area (Å²) in [5.41, 5.74) is 0. The van der Waals surface area contributed by atoms with E-state index in [9.17, 15) is 0 Å². The van der Waals surface area contributed by atoms with E-state index in [2.05, 4.69) is 19.2 Å². The van der Waals surface area contributed by atoms with E-state index in [1.807, 2.05) is 7.05 Å². The number of nitrogens with two attached hydrogens (primary N) is 1. The molecule has 4 heteroatoms. The molecule has 0 heterocycles. The first-order valence-electron chi connectivity index (χ1n) is 7.38. The van der Waals surface area contributed by atoms with Crippen molar-refractivity contribution >= 4 is 11.6 Å². The van der Waals surface area contributed by atoms with Gasteiger partial charge in [-0.05, 0) is 31.6 Å². The summed E-state index contributed by atoms with van der Waals surface area (Å²) in [6.07, 6.45) is 7.16. The molecule has 0 aromatic carbocycles. The van der Waals surface area contributed by atoms with Crippen molar-refractivity contribution in [2.24, 2.45) is 11.8 Å². The molecule has 1 saturated carbocycles. The molecular weight excluding hydrogens is 246 g/mol. The molecule has 108 valence electrons. The number of nitrogens with zero attached hydrogens (tertiary/aromatic N) is 1. The highest BCUT2D eigenvalue weighted by Gasteiger charge is 2.24. The van der Waals surface area contributed by atoms with Crippen LogP contribution < -0.4 is 11.2 Å². The van der Waals surface area contributed by atoms with Crippen LogP contribution in [0.4, 0.5) is 0 Å². The van der Waals surface area contributed by atoms with Gasteiger partial charge in [0.05, 0.1) is 0 Å². The standard InChI is InChI=1S/C14H30ClN3/c1-4-11(2)14(8-9-18(3)16)17-13-7-5-6-12(15)10-13/h11-14,17H,4-10,16H2,1-3H3/t11?,12?,13?,14-/m1/s1. The average Bonchev–Trinajstić information content (AvgIpc) is 2.33. The highest BCUT2D eigenvalue weighted by molar-refractivity contribution is 6.20. The number of halogens is 1. The van der Waals surface area contributed by atoms with Crippen molar-refractivity contribution in [2.45, 2.75) is 69.8 Å². The lowest BCUT2D eigenvalue weighted by Crippen LogP contribution is -2.46. The van der Waals surface area contributed by atoms with Gasteiger partial charge in [-0.1, -0.05) is 26.7 Å². The Hall–Kier alpha value is 0.170. The summed E-state index contributed by atoms with van der Waals surface area (Å²) >= 11 is 6.27. The van der Waals surface area contributed by atoms with Crippen LogP contribution >= 0.6 is 11.6 Å². The summed E-state index contributed by atoms with van der Waals surface area (Å²) < 4.78 is 0. The van der Waals surface area contributed by atoms with Crippen LogP contribution in [0.25, 0.3) is 0 Å². The second-order valence-corrected chi connectivity index (χ2v) is 6.51. The number of hydrogen-bond donors (Lipinski definition) is 2. The molecule has 1 fully saturated rings. The predicted octanol–water partition coefficient (Wildman–Crippen LogP) is 2.74. The summed E-state index contributed by atoms with van der Waals surface area (Å²) in [4.78, 5) is 0. The third kappa shape index (κ3) is 5.87. The monoisotopic (exact) mass is 275 g/mol. The Balaban J connectivity index is 2.43. The quantitative estimate of drug-likeness (QED) is 0.426. The molecule has 0 radical (unpaired) electrons. The fourth-order valence-electron chi connectivity index (χ4n) is 2.74. The van der Waals surface area contributed by atoms with Crippen LogP contribution in [0, 0.1) is 5.92 Å². The Morgan fingerprint density at radius 1 is 1.44 bits per heavy atom. The zero-order chi connectivity index (χ0) is 13.5. The smallest absolute Gasteiger partial charge is 0.0350 e. The van der Waals surface area contributed by atoms with Crippen LogP contribution in [0.3, 0.4) is 0 Å². The lowest BCUT2D eigenvalue weighted by atomic mass is 9.90. The van der Waals surface area contributed by atoms with Gasteiger partial charge in [-0.25, -0.2) is 0 Å². The number of nitrogens with one attached hydrogen (secondary N) is 1. The Bertz CT molecular complexity index is 223. The maximum Gasteiger partial charge on any atom is 0.0350 e. The van der Waals surface area contributed by atoms with Gasteiger partial charge in [0.25, 0.3) is 0 Å². The van der Waals surface area contributed by atoms with Crippen LogP contribution in [-0.2, 0) is 0 Å². The average molecular weight is 276 g/mol. The van der Waals surface area contributed by atoms with Gasteiger partial charge in [0, 0.05) is 31.1 Å². The minimum atomic E-state index is 0.367. The third-order valence-corrected chi connectivity index (χ3v) is 4.58. The van der Waals surface area contributed by atoms with Crippen LogP contribution in [0.1, 0.15) is 52.4 Å². The van der Waals surface area contributed by atoms with Crippen molar-refractivity contribution < 1.29 is 0 Å². The molecule has 1 aliphatic carbocycles. The van der Waals surface area contributed by atoms with Crippen LogP contribution in [0.5, 0.6) is 0 Å². The molecule has 0 aromatic rings. The van der Waals surface area contributed by atoms with E-state index in [0.717, 1.165) is 19.4 Å². The molecule has 0 aliphatic heterocycles. The van der Waals surface area contributed by atoms with Crippen molar-refractivity contribution in [2.75, 3.05) is 13.6 Å². The fraction of sp³-hybridized carbons (Fsp3) is 1.00. The second-order valence-electron chi connectivity index (χ2n) is 5.89. The minimum absolute atomic E-state index is 0.367. The van der Waals surface area contributed by atoms with Crippen molar-refractivity contribution in [3.05, 3.63) is 0 Å². The van der Waals surface area contributed by atoms with E-state index < -0.39 is 0 Å². The Kier molecular flexibility index (Phi) is 7.54. The van der Waals surface area contributed by atoms with Crippen molar-refractivity contribution in [1.82, 2.24) is 10.3 Å². The van der Waals surface area contributed by atoms with Crippen molar-refractivity contribution in [3.63, 3.8) is 0 Å². The van der Waals surface area contributed by atoms with Gasteiger partial charge in [0.2, 0.25) is 0 Å². The van der Waals surface area contributed by atoms with Gasteiger partial charge in [-0.15, -0.1) is 11.6 Å².